The van der Waals surface area contributed by atoms with Crippen LogP contribution in [0.15, 0.2) is 67.0 Å². The molecule has 1 amide bonds. The van der Waals surface area contributed by atoms with Crippen LogP contribution in [0, 0.1) is 5.82 Å². The van der Waals surface area contributed by atoms with Crippen molar-refractivity contribution in [3.63, 3.8) is 0 Å². The summed E-state index contributed by atoms with van der Waals surface area (Å²) < 4.78 is 45.1. The van der Waals surface area contributed by atoms with Gasteiger partial charge in [-0.25, -0.2) is 9.18 Å². The molecule has 3 rings (SSSR count). The zero-order valence-corrected chi connectivity index (χ0v) is 17.8. The van der Waals surface area contributed by atoms with Gasteiger partial charge >= 0.3 is 12.1 Å². The number of carboxylic acid groups (broad SMARTS) is 1. The van der Waals surface area contributed by atoms with E-state index >= 15 is 0 Å². The van der Waals surface area contributed by atoms with E-state index in [1.54, 1.807) is 24.5 Å². The van der Waals surface area contributed by atoms with Gasteiger partial charge in [0.1, 0.15) is 11.6 Å². The summed E-state index contributed by atoms with van der Waals surface area (Å²) in [4.78, 5) is 24.9. The highest BCUT2D eigenvalue weighted by molar-refractivity contribution is 6.04. The van der Waals surface area contributed by atoms with Crippen molar-refractivity contribution < 1.29 is 37.4 Å². The number of halogens is 4. The Kier molecular flexibility index (Phi) is 9.08. The summed E-state index contributed by atoms with van der Waals surface area (Å²) in [6.45, 7) is 2.40. The van der Waals surface area contributed by atoms with Crippen molar-refractivity contribution in [2.45, 2.75) is 25.7 Å². The Bertz CT molecular complexity index is 1110. The van der Waals surface area contributed by atoms with E-state index < -0.39 is 12.1 Å². The van der Waals surface area contributed by atoms with Gasteiger partial charge in [-0.3, -0.25) is 9.78 Å². The highest BCUT2D eigenvalue weighted by atomic mass is 19.4. The topological polar surface area (TPSA) is 112 Å². The zero-order chi connectivity index (χ0) is 25.3. The molecule has 34 heavy (non-hydrogen) atoms. The van der Waals surface area contributed by atoms with Gasteiger partial charge in [-0.1, -0.05) is 12.1 Å². The fourth-order valence-corrected chi connectivity index (χ4v) is 2.67. The molecule has 1 aromatic heterocycles. The number of hydrogen-bond acceptors (Lipinski definition) is 5. The molecular formula is C23H21F4N3O4. The van der Waals surface area contributed by atoms with Crippen molar-refractivity contribution >= 4 is 17.6 Å². The lowest BCUT2D eigenvalue weighted by Gasteiger charge is -2.16. The van der Waals surface area contributed by atoms with Gasteiger partial charge in [0.05, 0.1) is 0 Å². The van der Waals surface area contributed by atoms with Crippen molar-refractivity contribution in [1.29, 1.82) is 0 Å². The summed E-state index contributed by atoms with van der Waals surface area (Å²) in [6, 6.07) is 14.4. The van der Waals surface area contributed by atoms with Crippen LogP contribution >= 0.6 is 0 Å². The smallest absolute Gasteiger partial charge is 0.490 e. The van der Waals surface area contributed by atoms with Gasteiger partial charge < -0.3 is 20.8 Å². The zero-order valence-electron chi connectivity index (χ0n) is 17.8. The number of carboxylic acids is 1. The Morgan fingerprint density at radius 2 is 1.62 bits per heavy atom. The van der Waals surface area contributed by atoms with Crippen LogP contribution in [0.5, 0.6) is 5.75 Å². The van der Waals surface area contributed by atoms with Crippen LogP contribution in [-0.4, -0.2) is 33.2 Å². The fourth-order valence-electron chi connectivity index (χ4n) is 2.67. The second kappa shape index (κ2) is 11.8. The average Bonchev–Trinajstić information content (AvgIpc) is 2.80. The maximum absolute atomic E-state index is 13.4. The first-order valence-electron chi connectivity index (χ1n) is 9.79. The molecule has 1 unspecified atom stereocenters. The van der Waals surface area contributed by atoms with E-state index in [1.165, 1.54) is 18.2 Å². The number of phenols is 1. The van der Waals surface area contributed by atoms with E-state index in [1.807, 2.05) is 31.2 Å². The maximum atomic E-state index is 13.4. The summed E-state index contributed by atoms with van der Waals surface area (Å²) in [7, 11) is 0. The molecule has 0 bridgehead atoms. The molecule has 180 valence electrons. The third-order valence-electron chi connectivity index (χ3n) is 4.47. The van der Waals surface area contributed by atoms with E-state index in [0.717, 1.165) is 5.56 Å². The molecule has 0 spiro atoms. The predicted octanol–water partition coefficient (Wildman–Crippen LogP) is 4.66. The van der Waals surface area contributed by atoms with Crippen LogP contribution < -0.4 is 10.6 Å². The van der Waals surface area contributed by atoms with E-state index in [2.05, 4.69) is 15.6 Å². The highest BCUT2D eigenvalue weighted by Crippen LogP contribution is 2.25. The SMILES string of the molecule is CC(NCc1ccc(NC(=O)c2ccncc2)cc1)c1cc(F)ccc1O.O=C(O)C(F)(F)F. The molecule has 0 saturated carbocycles. The predicted molar refractivity (Wildman–Crippen MR) is 116 cm³/mol. The third kappa shape index (κ3) is 8.17. The number of aromatic nitrogens is 1. The van der Waals surface area contributed by atoms with E-state index in [9.17, 15) is 27.5 Å². The first-order chi connectivity index (χ1) is 16.0. The first-order valence-corrected chi connectivity index (χ1v) is 9.79. The minimum atomic E-state index is -5.08. The number of carbonyl (C=O) groups is 2. The summed E-state index contributed by atoms with van der Waals surface area (Å²) in [6.07, 6.45) is -1.94. The van der Waals surface area contributed by atoms with Crippen molar-refractivity contribution in [2.75, 3.05) is 5.32 Å². The first kappa shape index (κ1) is 26.3. The number of nitrogens with zero attached hydrogens (tertiary/aromatic N) is 1. The third-order valence-corrected chi connectivity index (χ3v) is 4.47. The Morgan fingerprint density at radius 3 is 2.18 bits per heavy atom. The average molecular weight is 479 g/mol. The fraction of sp³-hybridized carbons (Fsp3) is 0.174. The Hall–Kier alpha value is -3.99. The van der Waals surface area contributed by atoms with Crippen molar-refractivity contribution in [1.82, 2.24) is 10.3 Å². The van der Waals surface area contributed by atoms with Crippen LogP contribution in [0.3, 0.4) is 0 Å². The number of carbonyl (C=O) groups excluding carboxylic acids is 1. The number of phenolic OH excluding ortho intramolecular Hbond substituents is 1. The number of aromatic hydroxyl groups is 1. The van der Waals surface area contributed by atoms with Gasteiger partial charge in [-0.15, -0.1) is 0 Å². The van der Waals surface area contributed by atoms with Crippen molar-refractivity contribution in [3.05, 3.63) is 89.5 Å². The summed E-state index contributed by atoms with van der Waals surface area (Å²) in [5.41, 5.74) is 2.74. The number of amides is 1. The second-order valence-electron chi connectivity index (χ2n) is 7.00. The molecule has 2 aromatic carbocycles. The number of aliphatic carboxylic acids is 1. The van der Waals surface area contributed by atoms with Gasteiger partial charge in [0.2, 0.25) is 0 Å². The monoisotopic (exact) mass is 479 g/mol. The number of nitrogens with one attached hydrogen (secondary N) is 2. The second-order valence-corrected chi connectivity index (χ2v) is 7.00. The molecule has 0 radical (unpaired) electrons. The van der Waals surface area contributed by atoms with Gasteiger partial charge in [-0.05, 0) is 55.0 Å². The lowest BCUT2D eigenvalue weighted by atomic mass is 10.1. The molecule has 1 atom stereocenters. The number of pyridine rings is 1. The van der Waals surface area contributed by atoms with Crippen LogP contribution in [0.4, 0.5) is 23.2 Å². The van der Waals surface area contributed by atoms with Crippen LogP contribution in [-0.2, 0) is 11.3 Å². The number of rotatable bonds is 6. The number of benzene rings is 2. The molecule has 0 aliphatic heterocycles. The summed E-state index contributed by atoms with van der Waals surface area (Å²) >= 11 is 0. The lowest BCUT2D eigenvalue weighted by Crippen LogP contribution is -2.21. The minimum Gasteiger partial charge on any atom is -0.508 e. The quantitative estimate of drug-likeness (QED) is 0.383. The largest absolute Gasteiger partial charge is 0.508 e. The van der Waals surface area contributed by atoms with Crippen molar-refractivity contribution in [3.8, 4) is 5.75 Å². The summed E-state index contributed by atoms with van der Waals surface area (Å²) in [5, 5.41) is 23.1. The molecular weight excluding hydrogens is 458 g/mol. The molecule has 3 aromatic rings. The standard InChI is InChI=1S/C21H20FN3O2.C2HF3O2/c1-14(19-12-17(22)4-7-20(19)26)24-13-15-2-5-18(6-3-15)25-21(27)16-8-10-23-11-9-16;3-2(4,5)1(6)7/h2-12,14,24,26H,13H2,1H3,(H,25,27);(H,6,7). The molecule has 0 saturated heterocycles. The van der Waals surface area contributed by atoms with E-state index in [4.69, 9.17) is 9.90 Å². The van der Waals surface area contributed by atoms with E-state index in [-0.39, 0.29) is 23.5 Å². The highest BCUT2D eigenvalue weighted by Gasteiger charge is 2.38. The molecule has 0 aliphatic rings. The molecule has 0 aliphatic carbocycles. The number of hydrogen-bond donors (Lipinski definition) is 4. The molecule has 4 N–H and O–H groups in total. The Balaban J connectivity index is 0.000000509. The number of anilines is 1. The number of alkyl halides is 3. The van der Waals surface area contributed by atoms with Gasteiger partial charge in [-0.2, -0.15) is 13.2 Å². The molecule has 11 heteroatoms. The maximum Gasteiger partial charge on any atom is 0.490 e. The molecule has 7 nitrogen and oxygen atoms in total. The van der Waals surface area contributed by atoms with Gasteiger partial charge in [0, 0.05) is 41.8 Å². The van der Waals surface area contributed by atoms with Gasteiger partial charge in [0.25, 0.3) is 5.91 Å². The van der Waals surface area contributed by atoms with E-state index in [0.29, 0.717) is 23.4 Å². The Morgan fingerprint density at radius 1 is 1.03 bits per heavy atom. The lowest BCUT2D eigenvalue weighted by molar-refractivity contribution is -0.192. The van der Waals surface area contributed by atoms with Crippen molar-refractivity contribution in [2.24, 2.45) is 0 Å². The summed E-state index contributed by atoms with van der Waals surface area (Å²) in [5.74, 6) is -3.28. The Labute approximate surface area is 192 Å². The minimum absolute atomic E-state index is 0.0607. The normalized spacial score (nSPS) is 11.7. The van der Waals surface area contributed by atoms with Gasteiger partial charge in [0.15, 0.2) is 0 Å². The molecule has 0 fully saturated rings. The van der Waals surface area contributed by atoms with Crippen LogP contribution in [0.1, 0.15) is 34.5 Å². The molecule has 1 heterocycles. The van der Waals surface area contributed by atoms with Crippen LogP contribution in [0.25, 0.3) is 0 Å². The van der Waals surface area contributed by atoms with Crippen LogP contribution in [0.2, 0.25) is 0 Å².